The summed E-state index contributed by atoms with van der Waals surface area (Å²) in [6, 6.07) is 4.22. The molecular formula is C22H24F3N7O. The molecule has 1 aliphatic heterocycles. The van der Waals surface area contributed by atoms with E-state index >= 15 is 0 Å². The molecule has 0 aliphatic carbocycles. The zero-order chi connectivity index (χ0) is 23.8. The van der Waals surface area contributed by atoms with E-state index in [-0.39, 0.29) is 18.5 Å². The molecule has 0 bridgehead atoms. The summed E-state index contributed by atoms with van der Waals surface area (Å²) in [6.45, 7) is 4.44. The van der Waals surface area contributed by atoms with E-state index in [0.29, 0.717) is 35.7 Å². The molecule has 0 aromatic carbocycles. The Labute approximate surface area is 188 Å². The molecular weight excluding hydrogens is 435 g/mol. The molecule has 3 aromatic rings. The quantitative estimate of drug-likeness (QED) is 0.583. The number of hydrogen-bond donors (Lipinski definition) is 2. The first-order valence-corrected chi connectivity index (χ1v) is 10.5. The van der Waals surface area contributed by atoms with E-state index in [1.165, 1.54) is 6.07 Å². The maximum Gasteiger partial charge on any atom is 0.433 e. The van der Waals surface area contributed by atoms with Crippen LogP contribution in [-0.2, 0) is 24.1 Å². The van der Waals surface area contributed by atoms with Crippen LogP contribution in [0.1, 0.15) is 35.9 Å². The van der Waals surface area contributed by atoms with Crippen LogP contribution >= 0.6 is 0 Å². The Bertz CT molecular complexity index is 1180. The largest absolute Gasteiger partial charge is 0.433 e. The highest BCUT2D eigenvalue weighted by Crippen LogP contribution is 2.35. The molecule has 174 valence electrons. The van der Waals surface area contributed by atoms with Gasteiger partial charge in [-0.15, -0.1) is 0 Å². The molecule has 1 amide bonds. The standard InChI is InChI=1S/C22H24F3N7O/c1-4-16-21(33)30-20-13(2)29-19(8-17(20)31(16)3)27-9-15-10-28-32(12-15)11-14-5-6-26-18(7-14)22(23,24)25/h5-8,10,12,16H,4,9,11H2,1-3H3,(H,27,29)(H,30,33)/t16-/m0/s1. The molecule has 0 fully saturated rings. The Kier molecular flexibility index (Phi) is 5.96. The molecule has 4 rings (SSSR count). The lowest BCUT2D eigenvalue weighted by atomic mass is 10.1. The smallest absolute Gasteiger partial charge is 0.366 e. The molecule has 0 radical (unpaired) electrons. The van der Waals surface area contributed by atoms with Crippen molar-refractivity contribution in [1.29, 1.82) is 0 Å². The van der Waals surface area contributed by atoms with Gasteiger partial charge in [0.2, 0.25) is 5.91 Å². The van der Waals surface area contributed by atoms with Gasteiger partial charge in [0.1, 0.15) is 17.6 Å². The van der Waals surface area contributed by atoms with Crippen LogP contribution < -0.4 is 15.5 Å². The first-order chi connectivity index (χ1) is 15.7. The van der Waals surface area contributed by atoms with Crippen LogP contribution in [0, 0.1) is 6.92 Å². The average Bonchev–Trinajstić information content (AvgIpc) is 3.20. The van der Waals surface area contributed by atoms with Crippen LogP contribution in [0.4, 0.5) is 30.4 Å². The molecule has 8 nitrogen and oxygen atoms in total. The zero-order valence-corrected chi connectivity index (χ0v) is 18.4. The third-order valence-electron chi connectivity index (χ3n) is 5.58. The number of alkyl halides is 3. The Morgan fingerprint density at radius 3 is 2.76 bits per heavy atom. The summed E-state index contributed by atoms with van der Waals surface area (Å²) in [6.07, 6.45) is 0.780. The number of aryl methyl sites for hydroxylation is 1. The number of aromatic nitrogens is 4. The lowest BCUT2D eigenvalue weighted by Gasteiger charge is -2.35. The summed E-state index contributed by atoms with van der Waals surface area (Å²) in [4.78, 5) is 22.2. The maximum absolute atomic E-state index is 12.9. The number of carbonyl (C=O) groups is 1. The first kappa shape index (κ1) is 22.6. The molecule has 11 heteroatoms. The van der Waals surface area contributed by atoms with Crippen molar-refractivity contribution in [3.8, 4) is 0 Å². The van der Waals surface area contributed by atoms with Crippen molar-refractivity contribution < 1.29 is 18.0 Å². The molecule has 0 saturated heterocycles. The number of rotatable bonds is 6. The van der Waals surface area contributed by atoms with Crippen molar-refractivity contribution in [2.24, 2.45) is 0 Å². The fourth-order valence-corrected chi connectivity index (χ4v) is 3.88. The fraction of sp³-hybridized carbons (Fsp3) is 0.364. The summed E-state index contributed by atoms with van der Waals surface area (Å²) in [5.74, 6) is 0.614. The highest BCUT2D eigenvalue weighted by Gasteiger charge is 2.32. The van der Waals surface area contributed by atoms with Crippen LogP contribution in [0.15, 0.2) is 36.8 Å². The van der Waals surface area contributed by atoms with Gasteiger partial charge in [0, 0.05) is 37.6 Å². The minimum Gasteiger partial charge on any atom is -0.366 e. The SMILES string of the molecule is CC[C@H]1C(=O)Nc2c(cc(NCc3cnn(Cc4ccnc(C(F)(F)F)c4)c3)nc2C)N1C. The predicted octanol–water partition coefficient (Wildman–Crippen LogP) is 3.83. The number of anilines is 3. The van der Waals surface area contributed by atoms with E-state index in [1.807, 2.05) is 31.9 Å². The van der Waals surface area contributed by atoms with E-state index in [0.717, 1.165) is 23.5 Å². The van der Waals surface area contributed by atoms with Gasteiger partial charge in [-0.3, -0.25) is 14.5 Å². The highest BCUT2D eigenvalue weighted by molar-refractivity contribution is 6.04. The summed E-state index contributed by atoms with van der Waals surface area (Å²) < 4.78 is 40.2. The summed E-state index contributed by atoms with van der Waals surface area (Å²) in [5, 5.41) is 10.4. The predicted molar refractivity (Wildman–Crippen MR) is 118 cm³/mol. The molecule has 1 atom stereocenters. The van der Waals surface area contributed by atoms with Gasteiger partial charge < -0.3 is 15.5 Å². The minimum absolute atomic E-state index is 0.0397. The second-order valence-electron chi connectivity index (χ2n) is 7.96. The van der Waals surface area contributed by atoms with Crippen LogP contribution in [0.25, 0.3) is 0 Å². The third kappa shape index (κ3) is 4.76. The maximum atomic E-state index is 12.9. The second kappa shape index (κ2) is 8.72. The first-order valence-electron chi connectivity index (χ1n) is 10.5. The Hall–Kier alpha value is -3.63. The topological polar surface area (TPSA) is 88.0 Å². The number of nitrogens with one attached hydrogen (secondary N) is 2. The van der Waals surface area contributed by atoms with E-state index in [9.17, 15) is 18.0 Å². The van der Waals surface area contributed by atoms with Crippen molar-refractivity contribution in [3.05, 3.63) is 59.3 Å². The van der Waals surface area contributed by atoms with Gasteiger partial charge in [-0.25, -0.2) is 4.98 Å². The van der Waals surface area contributed by atoms with Crippen LogP contribution in [-0.4, -0.2) is 38.7 Å². The molecule has 3 aromatic heterocycles. The number of nitrogens with zero attached hydrogens (tertiary/aromatic N) is 5. The van der Waals surface area contributed by atoms with Crippen molar-refractivity contribution in [2.75, 3.05) is 22.6 Å². The number of halogens is 3. The average molecular weight is 459 g/mol. The number of pyridine rings is 2. The van der Waals surface area contributed by atoms with Crippen LogP contribution in [0.5, 0.6) is 0 Å². The van der Waals surface area contributed by atoms with Crippen molar-refractivity contribution >= 4 is 23.1 Å². The van der Waals surface area contributed by atoms with Crippen molar-refractivity contribution in [2.45, 2.75) is 45.6 Å². The van der Waals surface area contributed by atoms with E-state index < -0.39 is 11.9 Å². The number of hydrogen-bond acceptors (Lipinski definition) is 6. The monoisotopic (exact) mass is 459 g/mol. The van der Waals surface area contributed by atoms with E-state index in [2.05, 4.69) is 25.7 Å². The fourth-order valence-electron chi connectivity index (χ4n) is 3.88. The van der Waals surface area contributed by atoms with Gasteiger partial charge in [0.05, 0.1) is 29.8 Å². The van der Waals surface area contributed by atoms with Gasteiger partial charge in [0.15, 0.2) is 0 Å². The Morgan fingerprint density at radius 1 is 1.24 bits per heavy atom. The van der Waals surface area contributed by atoms with Gasteiger partial charge in [0.25, 0.3) is 0 Å². The van der Waals surface area contributed by atoms with Gasteiger partial charge in [-0.05, 0) is 31.0 Å². The second-order valence-corrected chi connectivity index (χ2v) is 7.96. The van der Waals surface area contributed by atoms with Crippen LogP contribution in [0.2, 0.25) is 0 Å². The van der Waals surface area contributed by atoms with E-state index in [4.69, 9.17) is 0 Å². The van der Waals surface area contributed by atoms with Gasteiger partial charge >= 0.3 is 6.18 Å². The lowest BCUT2D eigenvalue weighted by molar-refractivity contribution is -0.141. The molecule has 0 saturated carbocycles. The molecule has 0 unspecified atom stereocenters. The van der Waals surface area contributed by atoms with Gasteiger partial charge in [-0.2, -0.15) is 18.3 Å². The Balaban J connectivity index is 1.45. The molecule has 1 aliphatic rings. The molecule has 33 heavy (non-hydrogen) atoms. The molecule has 0 spiro atoms. The zero-order valence-electron chi connectivity index (χ0n) is 18.4. The summed E-state index contributed by atoms with van der Waals surface area (Å²) >= 11 is 0. The van der Waals surface area contributed by atoms with Crippen LogP contribution in [0.3, 0.4) is 0 Å². The minimum atomic E-state index is -4.48. The summed E-state index contributed by atoms with van der Waals surface area (Å²) in [7, 11) is 1.89. The third-order valence-corrected chi connectivity index (χ3v) is 5.58. The van der Waals surface area contributed by atoms with E-state index in [1.54, 1.807) is 17.1 Å². The van der Waals surface area contributed by atoms with Crippen molar-refractivity contribution in [3.63, 3.8) is 0 Å². The number of likely N-dealkylation sites (N-methyl/N-ethyl adjacent to an activating group) is 1. The molecule has 2 N–H and O–H groups in total. The lowest BCUT2D eigenvalue weighted by Crippen LogP contribution is -2.45. The highest BCUT2D eigenvalue weighted by atomic mass is 19.4. The van der Waals surface area contributed by atoms with Crippen molar-refractivity contribution in [1.82, 2.24) is 19.7 Å². The number of amides is 1. The molecule has 4 heterocycles. The Morgan fingerprint density at radius 2 is 2.03 bits per heavy atom. The van der Waals surface area contributed by atoms with Gasteiger partial charge in [-0.1, -0.05) is 6.92 Å². The number of fused-ring (bicyclic) bond motifs is 1. The summed E-state index contributed by atoms with van der Waals surface area (Å²) in [5.41, 5.74) is 2.70. The normalized spacial score (nSPS) is 15.9. The number of carbonyl (C=O) groups excluding carboxylic acids is 1.